The van der Waals surface area contributed by atoms with Crippen molar-refractivity contribution in [3.63, 3.8) is 0 Å². The van der Waals surface area contributed by atoms with Gasteiger partial charge in [0.15, 0.2) is 11.5 Å². The molecule has 0 saturated carbocycles. The van der Waals surface area contributed by atoms with Gasteiger partial charge >= 0.3 is 0 Å². The lowest BCUT2D eigenvalue weighted by atomic mass is 10.2. The maximum Gasteiger partial charge on any atom is 0.161 e. The number of rotatable bonds is 6. The second kappa shape index (κ2) is 7.06. The second-order valence-electron chi connectivity index (χ2n) is 4.22. The molecule has 4 heteroatoms. The Kier molecular flexibility index (Phi) is 5.13. The topological polar surface area (TPSA) is 27.7 Å². The van der Waals surface area contributed by atoms with Crippen LogP contribution in [0, 0.1) is 0 Å². The van der Waals surface area contributed by atoms with E-state index in [1.807, 2.05) is 42.5 Å². The lowest BCUT2D eigenvalue weighted by Crippen LogP contribution is -2.00. The van der Waals surface area contributed by atoms with E-state index in [4.69, 9.17) is 25.8 Å². The molecule has 0 heterocycles. The van der Waals surface area contributed by atoms with Crippen molar-refractivity contribution in [3.05, 3.63) is 53.6 Å². The first-order valence-electron chi connectivity index (χ1n) is 6.26. The van der Waals surface area contributed by atoms with Crippen LogP contribution in [0.2, 0.25) is 0 Å². The van der Waals surface area contributed by atoms with Gasteiger partial charge in [0.25, 0.3) is 0 Å². The largest absolute Gasteiger partial charge is 0.496 e. The summed E-state index contributed by atoms with van der Waals surface area (Å²) in [4.78, 5) is 0. The van der Waals surface area contributed by atoms with Gasteiger partial charge in [0.1, 0.15) is 12.4 Å². The number of hydrogen-bond donors (Lipinski definition) is 0. The predicted molar refractivity (Wildman–Crippen MR) is 79.9 cm³/mol. The van der Waals surface area contributed by atoms with Crippen molar-refractivity contribution in [1.29, 1.82) is 0 Å². The van der Waals surface area contributed by atoms with Crippen LogP contribution in [-0.2, 0) is 12.5 Å². The molecule has 0 fully saturated rings. The number of alkyl halides is 1. The molecule has 0 atom stereocenters. The Morgan fingerprint density at radius 1 is 0.900 bits per heavy atom. The molecule has 20 heavy (non-hydrogen) atoms. The van der Waals surface area contributed by atoms with E-state index in [9.17, 15) is 0 Å². The van der Waals surface area contributed by atoms with Crippen molar-refractivity contribution in [2.24, 2.45) is 0 Å². The molecule has 2 aromatic rings. The number of hydrogen-bond acceptors (Lipinski definition) is 3. The molecule has 0 aromatic heterocycles. The average molecular weight is 293 g/mol. The van der Waals surface area contributed by atoms with Crippen molar-refractivity contribution in [2.45, 2.75) is 12.5 Å². The molecule has 0 saturated heterocycles. The van der Waals surface area contributed by atoms with Gasteiger partial charge in [-0.25, -0.2) is 0 Å². The fourth-order valence-corrected chi connectivity index (χ4v) is 2.06. The average Bonchev–Trinajstić information content (AvgIpc) is 2.52. The maximum absolute atomic E-state index is 5.81. The van der Waals surface area contributed by atoms with E-state index in [-0.39, 0.29) is 0 Å². The minimum absolute atomic E-state index is 0.417. The molecule has 0 aliphatic rings. The van der Waals surface area contributed by atoms with Gasteiger partial charge in [-0.05, 0) is 23.8 Å². The molecule has 0 amide bonds. The van der Waals surface area contributed by atoms with Crippen LogP contribution in [0.25, 0.3) is 0 Å². The van der Waals surface area contributed by atoms with Crippen LogP contribution in [0.3, 0.4) is 0 Å². The summed E-state index contributed by atoms with van der Waals surface area (Å²) in [5, 5.41) is 0. The van der Waals surface area contributed by atoms with Crippen LogP contribution in [-0.4, -0.2) is 14.2 Å². The van der Waals surface area contributed by atoms with E-state index in [0.717, 1.165) is 16.9 Å². The van der Waals surface area contributed by atoms with Gasteiger partial charge in [-0.1, -0.05) is 24.3 Å². The highest BCUT2D eigenvalue weighted by Crippen LogP contribution is 2.30. The molecule has 0 aliphatic carbocycles. The third kappa shape index (κ3) is 3.36. The molecular formula is C16H17ClO3. The summed E-state index contributed by atoms with van der Waals surface area (Å²) in [7, 11) is 3.26. The van der Waals surface area contributed by atoms with Crippen molar-refractivity contribution in [3.8, 4) is 17.2 Å². The molecule has 0 radical (unpaired) electrons. The number of halogens is 1. The number of methoxy groups -OCH3 is 2. The van der Waals surface area contributed by atoms with E-state index < -0.39 is 0 Å². The van der Waals surface area contributed by atoms with Crippen LogP contribution < -0.4 is 14.2 Å². The van der Waals surface area contributed by atoms with Crippen molar-refractivity contribution >= 4 is 11.6 Å². The molecule has 0 aliphatic heterocycles. The van der Waals surface area contributed by atoms with Gasteiger partial charge in [-0.15, -0.1) is 11.6 Å². The quantitative estimate of drug-likeness (QED) is 0.753. The Balaban J connectivity index is 2.14. The summed E-state index contributed by atoms with van der Waals surface area (Å²) in [6.45, 7) is 0.417. The maximum atomic E-state index is 5.81. The highest BCUT2D eigenvalue weighted by Gasteiger charge is 2.08. The summed E-state index contributed by atoms with van der Waals surface area (Å²) < 4.78 is 16.4. The fourth-order valence-electron chi connectivity index (χ4n) is 1.89. The Hall–Kier alpha value is -1.87. The van der Waals surface area contributed by atoms with Crippen LogP contribution in [0.5, 0.6) is 17.2 Å². The summed E-state index contributed by atoms with van der Waals surface area (Å²) in [6, 6.07) is 13.4. The molecule has 0 N–H and O–H groups in total. The molecule has 106 valence electrons. The lowest BCUT2D eigenvalue weighted by molar-refractivity contribution is 0.278. The van der Waals surface area contributed by atoms with Gasteiger partial charge in [0.2, 0.25) is 0 Å². The van der Waals surface area contributed by atoms with Gasteiger partial charge in [0.05, 0.1) is 14.2 Å². The zero-order valence-corrected chi connectivity index (χ0v) is 12.3. The van der Waals surface area contributed by atoms with E-state index in [1.165, 1.54) is 0 Å². The third-order valence-electron chi connectivity index (χ3n) is 2.96. The first kappa shape index (κ1) is 14.5. The zero-order valence-electron chi connectivity index (χ0n) is 11.6. The zero-order chi connectivity index (χ0) is 14.4. The molecule has 0 spiro atoms. The summed E-state index contributed by atoms with van der Waals surface area (Å²) in [6.07, 6.45) is 0. The minimum atomic E-state index is 0.417. The predicted octanol–water partition coefficient (Wildman–Crippen LogP) is 4.02. The van der Waals surface area contributed by atoms with E-state index >= 15 is 0 Å². The van der Waals surface area contributed by atoms with Gasteiger partial charge in [-0.3, -0.25) is 0 Å². The van der Waals surface area contributed by atoms with Crippen LogP contribution >= 0.6 is 11.6 Å². The second-order valence-corrected chi connectivity index (χ2v) is 4.49. The molecule has 3 nitrogen and oxygen atoms in total. The summed E-state index contributed by atoms with van der Waals surface area (Å²) in [5.74, 6) is 2.62. The van der Waals surface area contributed by atoms with Crippen LogP contribution in [0.15, 0.2) is 42.5 Å². The van der Waals surface area contributed by atoms with Crippen LogP contribution in [0.1, 0.15) is 11.1 Å². The molecular weight excluding hydrogens is 276 g/mol. The normalized spacial score (nSPS) is 10.2. The van der Waals surface area contributed by atoms with Crippen LogP contribution in [0.4, 0.5) is 0 Å². The molecule has 2 rings (SSSR count). The van der Waals surface area contributed by atoms with Gasteiger partial charge in [0, 0.05) is 11.4 Å². The minimum Gasteiger partial charge on any atom is -0.496 e. The fraction of sp³-hybridized carbons (Fsp3) is 0.250. The standard InChI is InChI=1S/C16H17ClO3/c1-18-14-6-4-3-5-13(14)11-20-15-8-7-12(10-17)9-16(15)19-2/h3-9H,10-11H2,1-2H3. The Morgan fingerprint density at radius 2 is 1.65 bits per heavy atom. The Labute approximate surface area is 124 Å². The van der Waals surface area contributed by atoms with E-state index in [2.05, 4.69) is 0 Å². The highest BCUT2D eigenvalue weighted by atomic mass is 35.5. The number of ether oxygens (including phenoxy) is 3. The summed E-state index contributed by atoms with van der Waals surface area (Å²) in [5.41, 5.74) is 1.98. The smallest absolute Gasteiger partial charge is 0.161 e. The van der Waals surface area contributed by atoms with Gasteiger partial charge < -0.3 is 14.2 Å². The number of para-hydroxylation sites is 1. The van der Waals surface area contributed by atoms with E-state index in [0.29, 0.717) is 24.0 Å². The van der Waals surface area contributed by atoms with E-state index in [1.54, 1.807) is 14.2 Å². The lowest BCUT2D eigenvalue weighted by Gasteiger charge is -2.13. The first-order valence-corrected chi connectivity index (χ1v) is 6.79. The van der Waals surface area contributed by atoms with Crippen molar-refractivity contribution < 1.29 is 14.2 Å². The van der Waals surface area contributed by atoms with Gasteiger partial charge in [-0.2, -0.15) is 0 Å². The molecule has 2 aromatic carbocycles. The Morgan fingerprint density at radius 3 is 2.35 bits per heavy atom. The molecule has 0 unspecified atom stereocenters. The number of benzene rings is 2. The monoisotopic (exact) mass is 292 g/mol. The molecule has 0 bridgehead atoms. The first-order chi connectivity index (χ1) is 9.78. The highest BCUT2D eigenvalue weighted by molar-refractivity contribution is 6.17. The Bertz CT molecular complexity index is 569. The third-order valence-corrected chi connectivity index (χ3v) is 3.27. The SMILES string of the molecule is COc1ccccc1COc1ccc(CCl)cc1OC. The van der Waals surface area contributed by atoms with Crippen molar-refractivity contribution in [1.82, 2.24) is 0 Å². The van der Waals surface area contributed by atoms with Crippen molar-refractivity contribution in [2.75, 3.05) is 14.2 Å². The summed E-state index contributed by atoms with van der Waals surface area (Å²) >= 11 is 5.81.